The SMILES string of the molecule is CN1CCN(C(=O)c2ccc(CNC(=O)CCCNC(=O)c3cccs3)cc2)CC1. The molecule has 8 heteroatoms. The number of carbonyl (C=O) groups is 3. The summed E-state index contributed by atoms with van der Waals surface area (Å²) in [7, 11) is 2.06. The predicted molar refractivity (Wildman–Crippen MR) is 118 cm³/mol. The zero-order chi connectivity index (χ0) is 21.3. The van der Waals surface area contributed by atoms with E-state index >= 15 is 0 Å². The van der Waals surface area contributed by atoms with E-state index in [-0.39, 0.29) is 17.7 Å². The van der Waals surface area contributed by atoms with E-state index in [1.807, 2.05) is 40.6 Å². The molecule has 0 atom stereocenters. The predicted octanol–water partition coefficient (Wildman–Crippen LogP) is 1.96. The number of likely N-dealkylation sites (N-methyl/N-ethyl adjacent to an activating group) is 1. The van der Waals surface area contributed by atoms with Crippen LogP contribution >= 0.6 is 11.3 Å². The van der Waals surface area contributed by atoms with Gasteiger partial charge in [0.15, 0.2) is 0 Å². The molecule has 2 aromatic rings. The van der Waals surface area contributed by atoms with Crippen molar-refractivity contribution in [3.05, 3.63) is 57.8 Å². The Bertz CT molecular complexity index is 844. The normalized spacial score (nSPS) is 14.4. The molecule has 160 valence electrons. The van der Waals surface area contributed by atoms with Crippen LogP contribution in [0.5, 0.6) is 0 Å². The van der Waals surface area contributed by atoms with Crippen LogP contribution in [0, 0.1) is 0 Å². The van der Waals surface area contributed by atoms with Gasteiger partial charge in [-0.25, -0.2) is 0 Å². The fourth-order valence-corrected chi connectivity index (χ4v) is 3.83. The maximum absolute atomic E-state index is 12.6. The average Bonchev–Trinajstić information content (AvgIpc) is 3.31. The van der Waals surface area contributed by atoms with Gasteiger partial charge in [0, 0.05) is 51.3 Å². The van der Waals surface area contributed by atoms with Crippen LogP contribution in [0.1, 0.15) is 38.4 Å². The third-order valence-corrected chi connectivity index (χ3v) is 5.96. The van der Waals surface area contributed by atoms with Crippen LogP contribution in [0.3, 0.4) is 0 Å². The number of amides is 3. The van der Waals surface area contributed by atoms with E-state index in [1.165, 1.54) is 11.3 Å². The van der Waals surface area contributed by atoms with Crippen LogP contribution in [0.25, 0.3) is 0 Å². The molecule has 1 aliphatic rings. The van der Waals surface area contributed by atoms with Gasteiger partial charge in [0.1, 0.15) is 0 Å². The van der Waals surface area contributed by atoms with Gasteiger partial charge in [-0.05, 0) is 42.6 Å². The highest BCUT2D eigenvalue weighted by Crippen LogP contribution is 2.10. The highest BCUT2D eigenvalue weighted by molar-refractivity contribution is 7.12. The van der Waals surface area contributed by atoms with Crippen LogP contribution in [0.2, 0.25) is 0 Å². The number of hydrogen-bond acceptors (Lipinski definition) is 5. The molecule has 0 bridgehead atoms. The first kappa shape index (κ1) is 22.0. The van der Waals surface area contributed by atoms with Crippen LogP contribution in [-0.2, 0) is 11.3 Å². The van der Waals surface area contributed by atoms with Gasteiger partial charge in [-0.3, -0.25) is 14.4 Å². The van der Waals surface area contributed by atoms with Gasteiger partial charge in [-0.1, -0.05) is 18.2 Å². The summed E-state index contributed by atoms with van der Waals surface area (Å²) in [5.41, 5.74) is 1.63. The fourth-order valence-electron chi connectivity index (χ4n) is 3.19. The maximum Gasteiger partial charge on any atom is 0.261 e. The Morgan fingerprint density at radius 2 is 1.73 bits per heavy atom. The van der Waals surface area contributed by atoms with Crippen molar-refractivity contribution >= 4 is 29.1 Å². The largest absolute Gasteiger partial charge is 0.352 e. The van der Waals surface area contributed by atoms with Gasteiger partial charge in [0.2, 0.25) is 5.91 Å². The van der Waals surface area contributed by atoms with Crippen LogP contribution in [0.4, 0.5) is 0 Å². The lowest BCUT2D eigenvalue weighted by Crippen LogP contribution is -2.47. The number of thiophene rings is 1. The first-order valence-electron chi connectivity index (χ1n) is 10.2. The minimum Gasteiger partial charge on any atom is -0.352 e. The molecule has 7 nitrogen and oxygen atoms in total. The molecule has 1 aromatic carbocycles. The molecule has 0 spiro atoms. The minimum absolute atomic E-state index is 0.0574. The van der Waals surface area contributed by atoms with Crippen molar-refractivity contribution in [3.63, 3.8) is 0 Å². The molecule has 1 aromatic heterocycles. The van der Waals surface area contributed by atoms with Gasteiger partial charge in [0.25, 0.3) is 11.8 Å². The summed E-state index contributed by atoms with van der Waals surface area (Å²) in [5.74, 6) is -0.0992. The Hall–Kier alpha value is -2.71. The van der Waals surface area contributed by atoms with E-state index in [1.54, 1.807) is 6.07 Å². The lowest BCUT2D eigenvalue weighted by molar-refractivity contribution is -0.121. The molecule has 1 saturated heterocycles. The number of hydrogen-bond donors (Lipinski definition) is 2. The molecule has 2 N–H and O–H groups in total. The van der Waals surface area contributed by atoms with E-state index in [4.69, 9.17) is 0 Å². The number of piperazine rings is 1. The maximum atomic E-state index is 12.6. The third-order valence-electron chi connectivity index (χ3n) is 5.09. The zero-order valence-corrected chi connectivity index (χ0v) is 18.0. The number of nitrogens with one attached hydrogen (secondary N) is 2. The van der Waals surface area contributed by atoms with Crippen LogP contribution < -0.4 is 10.6 Å². The molecule has 0 aliphatic carbocycles. The van der Waals surface area contributed by atoms with Gasteiger partial charge in [0.05, 0.1) is 4.88 Å². The lowest BCUT2D eigenvalue weighted by atomic mass is 10.1. The summed E-state index contributed by atoms with van der Waals surface area (Å²) in [6, 6.07) is 11.0. The minimum atomic E-state index is -0.100. The Morgan fingerprint density at radius 3 is 2.40 bits per heavy atom. The molecule has 3 amide bonds. The van der Waals surface area contributed by atoms with E-state index in [9.17, 15) is 14.4 Å². The van der Waals surface area contributed by atoms with E-state index in [0.717, 1.165) is 31.7 Å². The Labute approximate surface area is 181 Å². The molecule has 0 unspecified atom stereocenters. The number of nitrogens with zero attached hydrogens (tertiary/aromatic N) is 2. The van der Waals surface area contributed by atoms with Crippen molar-refractivity contribution in [2.75, 3.05) is 39.8 Å². The van der Waals surface area contributed by atoms with Gasteiger partial charge in [-0.15, -0.1) is 11.3 Å². The van der Waals surface area contributed by atoms with Gasteiger partial charge in [-0.2, -0.15) is 0 Å². The van der Waals surface area contributed by atoms with E-state index in [0.29, 0.717) is 36.4 Å². The number of benzene rings is 1. The lowest BCUT2D eigenvalue weighted by Gasteiger charge is -2.32. The first-order valence-corrected chi connectivity index (χ1v) is 11.1. The monoisotopic (exact) mass is 428 g/mol. The van der Waals surface area contributed by atoms with Crippen molar-refractivity contribution in [3.8, 4) is 0 Å². The standard InChI is InChI=1S/C22H28N4O3S/c1-25-11-13-26(14-12-25)22(29)18-8-6-17(7-9-18)16-24-20(27)5-2-10-23-21(28)19-4-3-15-30-19/h3-4,6-9,15H,2,5,10-14,16H2,1H3,(H,23,28)(H,24,27). The topological polar surface area (TPSA) is 81.8 Å². The van der Waals surface area contributed by atoms with Crippen LogP contribution in [0.15, 0.2) is 41.8 Å². The molecule has 1 fully saturated rings. The quantitative estimate of drug-likeness (QED) is 0.630. The molecule has 0 radical (unpaired) electrons. The second kappa shape index (κ2) is 10.9. The van der Waals surface area contributed by atoms with Gasteiger partial charge >= 0.3 is 0 Å². The molecule has 30 heavy (non-hydrogen) atoms. The van der Waals surface area contributed by atoms with Crippen molar-refractivity contribution in [1.29, 1.82) is 0 Å². The van der Waals surface area contributed by atoms with Crippen molar-refractivity contribution < 1.29 is 14.4 Å². The summed E-state index contributed by atoms with van der Waals surface area (Å²) < 4.78 is 0. The Kier molecular flexibility index (Phi) is 7.98. The first-order chi connectivity index (χ1) is 14.5. The Balaban J connectivity index is 1.34. The van der Waals surface area contributed by atoms with E-state index < -0.39 is 0 Å². The zero-order valence-electron chi connectivity index (χ0n) is 17.2. The number of carbonyl (C=O) groups excluding carboxylic acids is 3. The molecule has 3 rings (SSSR count). The van der Waals surface area contributed by atoms with Crippen molar-refractivity contribution in [2.45, 2.75) is 19.4 Å². The summed E-state index contributed by atoms with van der Waals surface area (Å²) in [4.78, 5) is 41.2. The highest BCUT2D eigenvalue weighted by Gasteiger charge is 2.20. The molecular weight excluding hydrogens is 400 g/mol. The summed E-state index contributed by atoms with van der Waals surface area (Å²) in [6.07, 6.45) is 0.937. The van der Waals surface area contributed by atoms with Gasteiger partial charge < -0.3 is 20.4 Å². The van der Waals surface area contributed by atoms with Crippen LogP contribution in [-0.4, -0.2) is 67.3 Å². The summed E-state index contributed by atoms with van der Waals surface area (Å²) in [6.45, 7) is 4.18. The molecule has 1 aliphatic heterocycles. The molecule has 0 saturated carbocycles. The smallest absolute Gasteiger partial charge is 0.261 e. The summed E-state index contributed by atoms with van der Waals surface area (Å²) >= 11 is 1.39. The van der Waals surface area contributed by atoms with Crippen molar-refractivity contribution in [2.24, 2.45) is 0 Å². The fraction of sp³-hybridized carbons (Fsp3) is 0.409. The molecule has 2 heterocycles. The summed E-state index contributed by atoms with van der Waals surface area (Å²) in [5, 5.41) is 7.55. The molecular formula is C22H28N4O3S. The Morgan fingerprint density at radius 1 is 1.00 bits per heavy atom. The average molecular weight is 429 g/mol. The highest BCUT2D eigenvalue weighted by atomic mass is 32.1. The third kappa shape index (κ3) is 6.40. The van der Waals surface area contributed by atoms with Crippen molar-refractivity contribution in [1.82, 2.24) is 20.4 Å². The second-order valence-electron chi connectivity index (χ2n) is 7.41. The van der Waals surface area contributed by atoms with E-state index in [2.05, 4.69) is 22.6 Å². The number of rotatable bonds is 8. The second-order valence-corrected chi connectivity index (χ2v) is 8.35.